The number of para-hydroxylation sites is 1. The van der Waals surface area contributed by atoms with Crippen LogP contribution in [0.3, 0.4) is 0 Å². The molecule has 0 amide bonds. The number of benzene rings is 1. The van der Waals surface area contributed by atoms with E-state index in [0.29, 0.717) is 24.8 Å². The number of rotatable bonds is 6. The van der Waals surface area contributed by atoms with Gasteiger partial charge >= 0.3 is 5.84 Å². The van der Waals surface area contributed by atoms with Gasteiger partial charge in [0.15, 0.2) is 0 Å². The Balaban J connectivity index is 1.84. The Morgan fingerprint density at radius 2 is 2.21 bits per heavy atom. The molecule has 1 aliphatic rings. The number of halogens is 1. The Hall–Kier alpha value is -3.00. The second kappa shape index (κ2) is 8.79. The first kappa shape index (κ1) is 19.8. The Morgan fingerprint density at radius 3 is 2.89 bits per heavy atom. The molecule has 0 radical (unpaired) electrons. The van der Waals surface area contributed by atoms with Gasteiger partial charge in [-0.25, -0.2) is 4.98 Å². The number of nitrogens with one attached hydrogen (secondary N) is 1. The highest BCUT2D eigenvalue weighted by Gasteiger charge is 2.31. The van der Waals surface area contributed by atoms with Crippen molar-refractivity contribution in [3.63, 3.8) is 0 Å². The molecule has 0 bridgehead atoms. The first-order chi connectivity index (χ1) is 13.5. The molecule has 2 heterocycles. The van der Waals surface area contributed by atoms with E-state index in [4.69, 9.17) is 11.6 Å². The van der Waals surface area contributed by atoms with Gasteiger partial charge in [-0.2, -0.15) is 5.43 Å². The van der Waals surface area contributed by atoms with Gasteiger partial charge in [0.2, 0.25) is 5.84 Å². The van der Waals surface area contributed by atoms with Gasteiger partial charge in [0.1, 0.15) is 5.15 Å². The smallest absolute Gasteiger partial charge is 0.358 e. The van der Waals surface area contributed by atoms with Crippen molar-refractivity contribution in [2.75, 3.05) is 18.5 Å². The minimum absolute atomic E-state index is 0.263. The predicted octanol–water partition coefficient (Wildman–Crippen LogP) is 3.52. The largest absolute Gasteiger partial charge is 0.430 e. The molecule has 0 saturated carbocycles. The van der Waals surface area contributed by atoms with E-state index in [1.807, 2.05) is 43.0 Å². The van der Waals surface area contributed by atoms with Crippen molar-refractivity contribution in [3.8, 4) is 0 Å². The highest BCUT2D eigenvalue weighted by Crippen LogP contribution is 2.21. The Labute approximate surface area is 168 Å². The molecule has 0 atom stereocenters. The van der Waals surface area contributed by atoms with Crippen LogP contribution in [0.25, 0.3) is 0 Å². The van der Waals surface area contributed by atoms with Gasteiger partial charge in [0.05, 0.1) is 17.3 Å². The van der Waals surface area contributed by atoms with Crippen LogP contribution in [0.15, 0.2) is 46.6 Å². The standard InChI is InChI=1S/C19H21ClN6O2/c1-3-15-6-4-5-13(2)17(15)23-24-19(26(27)28)18-21-9-10-25(18)12-14-7-8-16(20)22-11-14/h4-8,11,23H,3,9-10,12H2,1-2H3/b24-19-. The molecule has 146 valence electrons. The molecule has 1 aliphatic heterocycles. The summed E-state index contributed by atoms with van der Waals surface area (Å²) >= 11 is 5.82. The molecule has 3 rings (SSSR count). The molecule has 28 heavy (non-hydrogen) atoms. The fourth-order valence-electron chi connectivity index (χ4n) is 3.03. The maximum atomic E-state index is 11.7. The van der Waals surface area contributed by atoms with Gasteiger partial charge < -0.3 is 15.0 Å². The number of nitro groups is 1. The minimum atomic E-state index is -0.506. The van der Waals surface area contributed by atoms with Crippen molar-refractivity contribution in [1.82, 2.24) is 9.88 Å². The summed E-state index contributed by atoms with van der Waals surface area (Å²) in [5, 5.41) is 16.2. The van der Waals surface area contributed by atoms with Crippen LogP contribution in [0.5, 0.6) is 0 Å². The van der Waals surface area contributed by atoms with E-state index in [1.165, 1.54) is 0 Å². The number of hydrogen-bond donors (Lipinski definition) is 1. The summed E-state index contributed by atoms with van der Waals surface area (Å²) in [5.74, 6) is -0.0381. The topological polar surface area (TPSA) is 96.0 Å². The number of pyridine rings is 1. The zero-order valence-electron chi connectivity index (χ0n) is 15.7. The van der Waals surface area contributed by atoms with Crippen LogP contribution in [0.1, 0.15) is 23.6 Å². The summed E-state index contributed by atoms with van der Waals surface area (Å²) in [4.78, 5) is 21.4. The molecular formula is C19H21ClN6O2. The fraction of sp³-hybridized carbons (Fsp3) is 0.316. The lowest BCUT2D eigenvalue weighted by molar-refractivity contribution is -0.346. The Bertz CT molecular complexity index is 927. The summed E-state index contributed by atoms with van der Waals surface area (Å²) in [5.41, 5.74) is 6.59. The number of anilines is 1. The third-order valence-corrected chi connectivity index (χ3v) is 4.70. The average molecular weight is 401 g/mol. The molecule has 0 fully saturated rings. The molecular weight excluding hydrogens is 380 g/mol. The predicted molar refractivity (Wildman–Crippen MR) is 111 cm³/mol. The molecule has 2 aromatic rings. The zero-order chi connectivity index (χ0) is 20.1. The third-order valence-electron chi connectivity index (χ3n) is 4.48. The van der Waals surface area contributed by atoms with Gasteiger partial charge in [-0.15, -0.1) is 0 Å². The van der Waals surface area contributed by atoms with Crippen molar-refractivity contribution < 1.29 is 4.92 Å². The fourth-order valence-corrected chi connectivity index (χ4v) is 3.15. The van der Waals surface area contributed by atoms with E-state index >= 15 is 0 Å². The van der Waals surface area contributed by atoms with Crippen LogP contribution in [0.4, 0.5) is 5.69 Å². The van der Waals surface area contributed by atoms with Crippen molar-refractivity contribution in [1.29, 1.82) is 0 Å². The van der Waals surface area contributed by atoms with Crippen molar-refractivity contribution in [2.24, 2.45) is 10.1 Å². The number of amidine groups is 2. The number of aromatic nitrogens is 1. The van der Waals surface area contributed by atoms with Crippen LogP contribution >= 0.6 is 11.6 Å². The summed E-state index contributed by atoms with van der Waals surface area (Å²) in [7, 11) is 0. The molecule has 0 saturated heterocycles. The quantitative estimate of drug-likeness (QED) is 0.263. The van der Waals surface area contributed by atoms with E-state index in [2.05, 4.69) is 20.5 Å². The van der Waals surface area contributed by atoms with Crippen LogP contribution in [-0.2, 0) is 13.0 Å². The maximum absolute atomic E-state index is 11.7. The van der Waals surface area contributed by atoms with E-state index < -0.39 is 4.92 Å². The minimum Gasteiger partial charge on any atom is -0.358 e. The van der Waals surface area contributed by atoms with Gasteiger partial charge in [-0.1, -0.05) is 42.8 Å². The SMILES string of the molecule is CCc1cccc(C)c1N/N=C(/C1=NCCN1Cc1ccc(Cl)nc1)[N+](=O)[O-]. The average Bonchev–Trinajstić information content (AvgIpc) is 3.12. The molecule has 8 nitrogen and oxygen atoms in total. The molecule has 1 aromatic heterocycles. The van der Waals surface area contributed by atoms with E-state index in [-0.39, 0.29) is 11.7 Å². The third kappa shape index (κ3) is 4.45. The van der Waals surface area contributed by atoms with Gasteiger partial charge in [0, 0.05) is 19.3 Å². The van der Waals surface area contributed by atoms with Gasteiger partial charge in [-0.05, 0) is 41.0 Å². The van der Waals surface area contributed by atoms with Crippen LogP contribution in [0.2, 0.25) is 5.15 Å². The van der Waals surface area contributed by atoms with Crippen molar-refractivity contribution in [3.05, 3.63) is 68.5 Å². The number of hydrogen-bond acceptors (Lipinski definition) is 7. The van der Waals surface area contributed by atoms with E-state index in [1.54, 1.807) is 12.3 Å². The normalized spacial score (nSPS) is 14.2. The number of hydrazone groups is 1. The maximum Gasteiger partial charge on any atom is 0.430 e. The van der Waals surface area contributed by atoms with Crippen LogP contribution in [-0.4, -0.2) is 39.6 Å². The Morgan fingerprint density at radius 1 is 1.39 bits per heavy atom. The Kier molecular flexibility index (Phi) is 6.20. The lowest BCUT2D eigenvalue weighted by atomic mass is 10.1. The van der Waals surface area contributed by atoms with Crippen molar-refractivity contribution in [2.45, 2.75) is 26.8 Å². The zero-order valence-corrected chi connectivity index (χ0v) is 16.5. The molecule has 0 aliphatic carbocycles. The molecule has 1 aromatic carbocycles. The molecule has 1 N–H and O–H groups in total. The number of aryl methyl sites for hydroxylation is 2. The summed E-state index contributed by atoms with van der Waals surface area (Å²) in [6, 6.07) is 9.41. The van der Waals surface area contributed by atoms with Crippen molar-refractivity contribution >= 4 is 29.0 Å². The van der Waals surface area contributed by atoms with Gasteiger partial charge in [-0.3, -0.25) is 4.99 Å². The van der Waals surface area contributed by atoms with Crippen LogP contribution in [0, 0.1) is 17.0 Å². The highest BCUT2D eigenvalue weighted by atomic mass is 35.5. The summed E-state index contributed by atoms with van der Waals surface area (Å²) in [6.45, 7) is 5.47. The van der Waals surface area contributed by atoms with E-state index in [9.17, 15) is 10.1 Å². The monoisotopic (exact) mass is 400 g/mol. The highest BCUT2D eigenvalue weighted by molar-refractivity contribution is 6.37. The molecule has 0 spiro atoms. The summed E-state index contributed by atoms with van der Waals surface area (Å²) in [6.07, 6.45) is 2.45. The van der Waals surface area contributed by atoms with E-state index in [0.717, 1.165) is 28.8 Å². The van der Waals surface area contributed by atoms with Crippen LogP contribution < -0.4 is 5.43 Å². The number of nitrogens with zero attached hydrogens (tertiary/aromatic N) is 5. The number of aliphatic imine (C=N–C) groups is 1. The van der Waals surface area contributed by atoms with Gasteiger partial charge in [0.25, 0.3) is 0 Å². The lowest BCUT2D eigenvalue weighted by Gasteiger charge is -2.18. The second-order valence-electron chi connectivity index (χ2n) is 6.38. The second-order valence-corrected chi connectivity index (χ2v) is 6.77. The first-order valence-electron chi connectivity index (χ1n) is 8.96. The molecule has 9 heteroatoms. The summed E-state index contributed by atoms with van der Waals surface area (Å²) < 4.78 is 0. The first-order valence-corrected chi connectivity index (χ1v) is 9.34. The molecule has 0 unspecified atom stereocenters. The lowest BCUT2D eigenvalue weighted by Crippen LogP contribution is -2.37.